The van der Waals surface area contributed by atoms with Gasteiger partial charge >= 0.3 is 0 Å². The Morgan fingerprint density at radius 2 is 2.16 bits per heavy atom. The Balaban J connectivity index is 1.59. The Kier molecular flexibility index (Phi) is 3.77. The molecule has 0 unspecified atom stereocenters. The fourth-order valence-electron chi connectivity index (χ4n) is 2.79. The third-order valence-corrected chi connectivity index (χ3v) is 3.95. The van der Waals surface area contributed by atoms with E-state index in [1.807, 2.05) is 48.1 Å². The predicted octanol–water partition coefficient (Wildman–Crippen LogP) is 2.22. The predicted molar refractivity (Wildman–Crippen MR) is 97.0 cm³/mol. The summed E-state index contributed by atoms with van der Waals surface area (Å²) in [5.41, 5.74) is 10.6. The second kappa shape index (κ2) is 6.23. The number of pyridine rings is 1. The van der Waals surface area contributed by atoms with Crippen molar-refractivity contribution >= 4 is 22.4 Å². The van der Waals surface area contributed by atoms with Gasteiger partial charge in [0.05, 0.1) is 23.4 Å². The minimum Gasteiger partial charge on any atom is -0.384 e. The summed E-state index contributed by atoms with van der Waals surface area (Å²) >= 11 is 0. The largest absolute Gasteiger partial charge is 0.384 e. The van der Waals surface area contributed by atoms with Gasteiger partial charge in [-0.1, -0.05) is 17.3 Å². The van der Waals surface area contributed by atoms with Gasteiger partial charge in [-0.25, -0.2) is 4.98 Å². The summed E-state index contributed by atoms with van der Waals surface area (Å²) in [5.74, 6) is 0.480. The van der Waals surface area contributed by atoms with Crippen molar-refractivity contribution in [3.8, 4) is 11.3 Å². The number of fused-ring (bicyclic) bond motifs is 1. The molecule has 0 aliphatic rings. The maximum Gasteiger partial charge on any atom is 0.126 e. The highest BCUT2D eigenvalue weighted by Gasteiger charge is 2.07. The van der Waals surface area contributed by atoms with Crippen LogP contribution in [0.2, 0.25) is 0 Å². The molecule has 3 aromatic heterocycles. The fourth-order valence-corrected chi connectivity index (χ4v) is 2.79. The summed E-state index contributed by atoms with van der Waals surface area (Å²) in [6, 6.07) is 9.86. The van der Waals surface area contributed by atoms with E-state index in [2.05, 4.69) is 30.8 Å². The van der Waals surface area contributed by atoms with Gasteiger partial charge in [0.2, 0.25) is 0 Å². The van der Waals surface area contributed by atoms with Crippen LogP contribution in [0.4, 0.5) is 11.5 Å². The zero-order valence-corrected chi connectivity index (χ0v) is 13.8. The summed E-state index contributed by atoms with van der Waals surface area (Å²) in [6.45, 7) is 3.35. The molecule has 4 aromatic rings. The molecule has 0 atom stereocenters. The highest BCUT2D eigenvalue weighted by Crippen LogP contribution is 2.28. The number of nitrogens with zero attached hydrogens (tertiary/aromatic N) is 5. The van der Waals surface area contributed by atoms with Crippen LogP contribution in [0.15, 0.2) is 42.7 Å². The molecular formula is C17H18N8. The average Bonchev–Trinajstić information content (AvgIpc) is 3.26. The molecular weight excluding hydrogens is 316 g/mol. The highest BCUT2D eigenvalue weighted by molar-refractivity contribution is 5.95. The minimum absolute atomic E-state index is 0.480. The van der Waals surface area contributed by atoms with Crippen molar-refractivity contribution in [1.29, 1.82) is 0 Å². The van der Waals surface area contributed by atoms with Crippen molar-refractivity contribution in [2.75, 3.05) is 17.6 Å². The van der Waals surface area contributed by atoms with Crippen molar-refractivity contribution in [1.82, 2.24) is 30.2 Å². The van der Waals surface area contributed by atoms with Gasteiger partial charge in [0.1, 0.15) is 5.82 Å². The molecule has 25 heavy (non-hydrogen) atoms. The molecule has 126 valence electrons. The summed E-state index contributed by atoms with van der Waals surface area (Å²) in [6.07, 6.45) is 3.64. The van der Waals surface area contributed by atoms with Crippen LogP contribution >= 0.6 is 0 Å². The van der Waals surface area contributed by atoms with Gasteiger partial charge in [-0.05, 0) is 19.1 Å². The van der Waals surface area contributed by atoms with E-state index in [9.17, 15) is 0 Å². The number of H-pyrrole nitrogens is 1. The molecule has 0 aliphatic carbocycles. The van der Waals surface area contributed by atoms with Gasteiger partial charge in [0.25, 0.3) is 0 Å². The summed E-state index contributed by atoms with van der Waals surface area (Å²) in [7, 11) is 0. The zero-order chi connectivity index (χ0) is 17.2. The number of aryl methyl sites for hydroxylation is 1. The molecule has 3 heterocycles. The van der Waals surface area contributed by atoms with Crippen LogP contribution in [-0.2, 0) is 6.54 Å². The van der Waals surface area contributed by atoms with Crippen LogP contribution in [0.1, 0.15) is 5.69 Å². The molecule has 8 heteroatoms. The first kappa shape index (κ1) is 15.1. The molecule has 4 N–H and O–H groups in total. The number of nitrogen functional groups attached to an aromatic ring is 1. The maximum absolute atomic E-state index is 5.98. The Morgan fingerprint density at radius 1 is 1.24 bits per heavy atom. The summed E-state index contributed by atoms with van der Waals surface area (Å²) in [5, 5.41) is 19.4. The van der Waals surface area contributed by atoms with Gasteiger partial charge in [0.15, 0.2) is 0 Å². The molecule has 0 saturated carbocycles. The lowest BCUT2D eigenvalue weighted by atomic mass is 10.1. The van der Waals surface area contributed by atoms with Gasteiger partial charge < -0.3 is 11.1 Å². The fraction of sp³-hybridized carbons (Fsp3) is 0.176. The second-order valence-corrected chi connectivity index (χ2v) is 5.85. The standard InChI is InChI=1S/C17H18N8/c1-11-10-25(24-22-11)7-6-19-15-9-17(18)21-16-8-12(2-3-13(15)16)14-4-5-20-23-14/h2-5,8-10H,6-7H2,1H3,(H,20,23)(H3,18,19,21). The van der Waals surface area contributed by atoms with Crippen LogP contribution < -0.4 is 11.1 Å². The van der Waals surface area contributed by atoms with Crippen molar-refractivity contribution < 1.29 is 0 Å². The van der Waals surface area contributed by atoms with Crippen molar-refractivity contribution in [3.05, 3.63) is 48.4 Å². The van der Waals surface area contributed by atoms with Crippen LogP contribution in [0.3, 0.4) is 0 Å². The third-order valence-electron chi connectivity index (χ3n) is 3.95. The molecule has 0 bridgehead atoms. The van der Waals surface area contributed by atoms with E-state index in [1.54, 1.807) is 6.20 Å². The number of benzene rings is 1. The normalized spacial score (nSPS) is 11.1. The third kappa shape index (κ3) is 3.14. The SMILES string of the molecule is Cc1cn(CCNc2cc(N)nc3cc(-c4ccn[nH]4)ccc23)nn1. The topological polar surface area (TPSA) is 110 Å². The van der Waals surface area contributed by atoms with Crippen molar-refractivity contribution in [3.63, 3.8) is 0 Å². The molecule has 0 amide bonds. The quantitative estimate of drug-likeness (QED) is 0.516. The van der Waals surface area contributed by atoms with Crippen LogP contribution in [0.25, 0.3) is 22.2 Å². The molecule has 0 fully saturated rings. The molecule has 0 saturated heterocycles. The van der Waals surface area contributed by atoms with E-state index < -0.39 is 0 Å². The van der Waals surface area contributed by atoms with Crippen LogP contribution in [0, 0.1) is 6.92 Å². The Hall–Kier alpha value is -3.42. The van der Waals surface area contributed by atoms with Crippen molar-refractivity contribution in [2.24, 2.45) is 0 Å². The minimum atomic E-state index is 0.480. The summed E-state index contributed by atoms with van der Waals surface area (Å²) in [4.78, 5) is 4.45. The van der Waals surface area contributed by atoms with E-state index in [1.165, 1.54) is 0 Å². The Bertz CT molecular complexity index is 1000. The zero-order valence-electron chi connectivity index (χ0n) is 13.8. The first-order chi connectivity index (χ1) is 12.2. The number of hydrogen-bond donors (Lipinski definition) is 3. The van der Waals surface area contributed by atoms with Gasteiger partial charge in [-0.3, -0.25) is 9.78 Å². The van der Waals surface area contributed by atoms with E-state index in [-0.39, 0.29) is 0 Å². The number of anilines is 2. The lowest BCUT2D eigenvalue weighted by Gasteiger charge is -2.11. The first-order valence-electron chi connectivity index (χ1n) is 8.00. The van der Waals surface area contributed by atoms with Gasteiger partial charge in [0, 0.05) is 41.6 Å². The first-order valence-corrected chi connectivity index (χ1v) is 8.00. The number of rotatable bonds is 5. The van der Waals surface area contributed by atoms with Gasteiger partial charge in [-0.2, -0.15) is 5.10 Å². The maximum atomic E-state index is 5.98. The average molecular weight is 334 g/mol. The van der Waals surface area contributed by atoms with Crippen molar-refractivity contribution in [2.45, 2.75) is 13.5 Å². The Morgan fingerprint density at radius 3 is 2.92 bits per heavy atom. The monoisotopic (exact) mass is 334 g/mol. The molecule has 0 radical (unpaired) electrons. The lowest BCUT2D eigenvalue weighted by Crippen LogP contribution is -2.11. The van der Waals surface area contributed by atoms with E-state index in [0.29, 0.717) is 12.4 Å². The number of hydrogen-bond acceptors (Lipinski definition) is 6. The number of aromatic nitrogens is 6. The second-order valence-electron chi connectivity index (χ2n) is 5.85. The Labute approximate surface area is 144 Å². The number of aromatic amines is 1. The number of nitrogens with two attached hydrogens (primary N) is 1. The van der Waals surface area contributed by atoms with E-state index >= 15 is 0 Å². The van der Waals surface area contributed by atoms with Gasteiger partial charge in [-0.15, -0.1) is 5.10 Å². The molecule has 0 spiro atoms. The molecule has 4 rings (SSSR count). The van der Waals surface area contributed by atoms with Crippen LogP contribution in [-0.4, -0.2) is 36.7 Å². The van der Waals surface area contributed by atoms with E-state index in [4.69, 9.17) is 5.73 Å². The molecule has 1 aromatic carbocycles. The molecule has 8 nitrogen and oxygen atoms in total. The van der Waals surface area contributed by atoms with Crippen LogP contribution in [0.5, 0.6) is 0 Å². The highest BCUT2D eigenvalue weighted by atomic mass is 15.4. The lowest BCUT2D eigenvalue weighted by molar-refractivity contribution is 0.609. The number of nitrogens with one attached hydrogen (secondary N) is 2. The summed E-state index contributed by atoms with van der Waals surface area (Å²) < 4.78 is 1.81. The smallest absolute Gasteiger partial charge is 0.126 e. The molecule has 0 aliphatic heterocycles. The van der Waals surface area contributed by atoms with E-state index in [0.717, 1.165) is 40.1 Å².